The maximum atomic E-state index is 5.49. The fourth-order valence-corrected chi connectivity index (χ4v) is 1.82. The number of hydrogen-bond acceptors (Lipinski definition) is 4. The third-order valence-corrected chi connectivity index (χ3v) is 2.86. The molecule has 0 aliphatic carbocycles. The Balaban J connectivity index is 2.07. The van der Waals surface area contributed by atoms with Gasteiger partial charge in [0, 0.05) is 25.0 Å². The van der Waals surface area contributed by atoms with Crippen molar-refractivity contribution in [2.24, 2.45) is 7.05 Å². The van der Waals surface area contributed by atoms with Gasteiger partial charge in [0.2, 0.25) is 0 Å². The van der Waals surface area contributed by atoms with Gasteiger partial charge in [0.15, 0.2) is 11.5 Å². The second-order valence-corrected chi connectivity index (χ2v) is 4.10. The van der Waals surface area contributed by atoms with Crippen molar-refractivity contribution in [1.29, 1.82) is 0 Å². The van der Waals surface area contributed by atoms with Gasteiger partial charge in [-0.3, -0.25) is 4.68 Å². The van der Waals surface area contributed by atoms with Gasteiger partial charge in [0.1, 0.15) is 0 Å². The molecule has 5 heteroatoms. The van der Waals surface area contributed by atoms with Crippen LogP contribution in [0.4, 0.5) is 5.69 Å². The van der Waals surface area contributed by atoms with Gasteiger partial charge in [-0.25, -0.2) is 0 Å². The Morgan fingerprint density at radius 2 is 2.11 bits per heavy atom. The summed E-state index contributed by atoms with van der Waals surface area (Å²) < 4.78 is 12.6. The van der Waals surface area contributed by atoms with Crippen molar-refractivity contribution in [1.82, 2.24) is 9.78 Å². The molecule has 5 nitrogen and oxygen atoms in total. The highest BCUT2D eigenvalue weighted by Gasteiger charge is 2.05. The van der Waals surface area contributed by atoms with E-state index < -0.39 is 0 Å². The SMILES string of the molecule is CCOc1ccc(NCc2ccnn2C)cc1OC. The summed E-state index contributed by atoms with van der Waals surface area (Å²) in [5.74, 6) is 1.49. The van der Waals surface area contributed by atoms with Gasteiger partial charge in [-0.1, -0.05) is 0 Å². The summed E-state index contributed by atoms with van der Waals surface area (Å²) in [6, 6.07) is 7.80. The van der Waals surface area contributed by atoms with E-state index in [9.17, 15) is 0 Å². The molecule has 0 unspecified atom stereocenters. The van der Waals surface area contributed by atoms with Gasteiger partial charge >= 0.3 is 0 Å². The van der Waals surface area contributed by atoms with E-state index in [2.05, 4.69) is 10.4 Å². The number of anilines is 1. The number of benzene rings is 1. The number of ether oxygens (including phenoxy) is 2. The predicted octanol–water partition coefficient (Wildman–Crippen LogP) is 2.44. The van der Waals surface area contributed by atoms with Gasteiger partial charge in [-0.2, -0.15) is 5.10 Å². The molecule has 0 bridgehead atoms. The third kappa shape index (κ3) is 3.19. The van der Waals surface area contributed by atoms with E-state index in [1.165, 1.54) is 0 Å². The molecule has 2 rings (SSSR count). The zero-order valence-corrected chi connectivity index (χ0v) is 11.5. The molecule has 0 radical (unpaired) electrons. The largest absolute Gasteiger partial charge is 0.493 e. The van der Waals surface area contributed by atoms with E-state index in [1.54, 1.807) is 13.3 Å². The molecule has 0 aliphatic rings. The highest BCUT2D eigenvalue weighted by atomic mass is 16.5. The molecule has 0 saturated heterocycles. The molecule has 0 spiro atoms. The molecule has 1 aromatic carbocycles. The van der Waals surface area contributed by atoms with E-state index in [0.717, 1.165) is 22.9 Å². The summed E-state index contributed by atoms with van der Waals surface area (Å²) in [6.07, 6.45) is 1.79. The molecular weight excluding hydrogens is 242 g/mol. The Morgan fingerprint density at radius 1 is 1.26 bits per heavy atom. The van der Waals surface area contributed by atoms with Crippen LogP contribution in [0, 0.1) is 0 Å². The van der Waals surface area contributed by atoms with Crippen molar-refractivity contribution in [3.63, 3.8) is 0 Å². The van der Waals surface area contributed by atoms with Crippen molar-refractivity contribution < 1.29 is 9.47 Å². The van der Waals surface area contributed by atoms with Crippen LogP contribution in [0.15, 0.2) is 30.5 Å². The Kier molecular flexibility index (Phi) is 4.28. The predicted molar refractivity (Wildman–Crippen MR) is 74.7 cm³/mol. The molecule has 1 heterocycles. The zero-order valence-electron chi connectivity index (χ0n) is 11.5. The fourth-order valence-electron chi connectivity index (χ4n) is 1.82. The highest BCUT2D eigenvalue weighted by Crippen LogP contribution is 2.30. The molecule has 1 aromatic heterocycles. The number of nitrogens with one attached hydrogen (secondary N) is 1. The van der Waals surface area contributed by atoms with Crippen LogP contribution in [-0.2, 0) is 13.6 Å². The van der Waals surface area contributed by atoms with E-state index in [0.29, 0.717) is 13.2 Å². The maximum absolute atomic E-state index is 5.49. The van der Waals surface area contributed by atoms with Crippen molar-refractivity contribution in [3.8, 4) is 11.5 Å². The number of nitrogens with zero attached hydrogens (tertiary/aromatic N) is 2. The highest BCUT2D eigenvalue weighted by molar-refractivity contribution is 5.54. The Labute approximate surface area is 113 Å². The van der Waals surface area contributed by atoms with Gasteiger partial charge in [0.05, 0.1) is 26.0 Å². The molecule has 2 aromatic rings. The lowest BCUT2D eigenvalue weighted by Gasteiger charge is -2.12. The average Bonchev–Trinajstić information content (AvgIpc) is 2.83. The summed E-state index contributed by atoms with van der Waals surface area (Å²) in [4.78, 5) is 0. The Bertz CT molecular complexity index is 537. The first kappa shape index (κ1) is 13.3. The molecule has 1 N–H and O–H groups in total. The average molecular weight is 261 g/mol. The normalized spacial score (nSPS) is 10.3. The number of aryl methyl sites for hydroxylation is 1. The number of aromatic nitrogens is 2. The molecule has 0 saturated carbocycles. The molecular formula is C14H19N3O2. The van der Waals surface area contributed by atoms with E-state index in [4.69, 9.17) is 9.47 Å². The molecule has 19 heavy (non-hydrogen) atoms. The standard InChI is InChI=1S/C14H19N3O2/c1-4-19-13-6-5-11(9-14(13)18-3)15-10-12-7-8-16-17(12)2/h5-9,15H,4,10H2,1-3H3. The van der Waals surface area contributed by atoms with Gasteiger partial charge in [-0.05, 0) is 25.1 Å². The number of hydrogen-bond donors (Lipinski definition) is 1. The van der Waals surface area contributed by atoms with Gasteiger partial charge in [0.25, 0.3) is 0 Å². The van der Waals surface area contributed by atoms with Crippen molar-refractivity contribution >= 4 is 5.69 Å². The molecule has 0 atom stereocenters. The molecule has 0 aliphatic heterocycles. The monoisotopic (exact) mass is 261 g/mol. The summed E-state index contributed by atoms with van der Waals surface area (Å²) in [7, 11) is 3.57. The quantitative estimate of drug-likeness (QED) is 0.867. The Hall–Kier alpha value is -2.17. The first-order valence-corrected chi connectivity index (χ1v) is 6.26. The lowest BCUT2D eigenvalue weighted by molar-refractivity contribution is 0.311. The topological polar surface area (TPSA) is 48.3 Å². The molecule has 0 fully saturated rings. The van der Waals surface area contributed by atoms with Crippen molar-refractivity contribution in [3.05, 3.63) is 36.2 Å². The minimum Gasteiger partial charge on any atom is -0.493 e. The Morgan fingerprint density at radius 3 is 2.74 bits per heavy atom. The van der Waals surface area contributed by atoms with Crippen LogP contribution in [0.3, 0.4) is 0 Å². The summed E-state index contributed by atoms with van der Waals surface area (Å²) >= 11 is 0. The minimum atomic E-state index is 0.623. The third-order valence-electron chi connectivity index (χ3n) is 2.86. The second kappa shape index (κ2) is 6.13. The molecule has 0 amide bonds. The maximum Gasteiger partial charge on any atom is 0.162 e. The van der Waals surface area contributed by atoms with E-state index >= 15 is 0 Å². The van der Waals surface area contributed by atoms with Crippen LogP contribution in [0.1, 0.15) is 12.6 Å². The first-order valence-electron chi connectivity index (χ1n) is 6.26. The van der Waals surface area contributed by atoms with Crippen molar-refractivity contribution in [2.75, 3.05) is 19.0 Å². The van der Waals surface area contributed by atoms with E-state index in [-0.39, 0.29) is 0 Å². The summed E-state index contributed by atoms with van der Waals surface area (Å²) in [5, 5.41) is 7.47. The van der Waals surface area contributed by atoms with Crippen molar-refractivity contribution in [2.45, 2.75) is 13.5 Å². The second-order valence-electron chi connectivity index (χ2n) is 4.10. The van der Waals surface area contributed by atoms with E-state index in [1.807, 2.05) is 42.9 Å². The van der Waals surface area contributed by atoms with Crippen LogP contribution in [-0.4, -0.2) is 23.5 Å². The van der Waals surface area contributed by atoms with Gasteiger partial charge in [-0.15, -0.1) is 0 Å². The van der Waals surface area contributed by atoms with Crippen LogP contribution in [0.25, 0.3) is 0 Å². The smallest absolute Gasteiger partial charge is 0.162 e. The fraction of sp³-hybridized carbons (Fsp3) is 0.357. The van der Waals surface area contributed by atoms with Crippen LogP contribution in [0.5, 0.6) is 11.5 Å². The zero-order chi connectivity index (χ0) is 13.7. The van der Waals surface area contributed by atoms with Crippen LogP contribution < -0.4 is 14.8 Å². The van der Waals surface area contributed by atoms with Crippen LogP contribution >= 0.6 is 0 Å². The lowest BCUT2D eigenvalue weighted by Crippen LogP contribution is -2.05. The lowest BCUT2D eigenvalue weighted by atomic mass is 10.2. The molecule has 102 valence electrons. The first-order chi connectivity index (χ1) is 9.24. The van der Waals surface area contributed by atoms with Gasteiger partial charge < -0.3 is 14.8 Å². The number of methoxy groups -OCH3 is 1. The summed E-state index contributed by atoms with van der Waals surface area (Å²) in [5.41, 5.74) is 2.11. The number of rotatable bonds is 6. The van der Waals surface area contributed by atoms with Crippen LogP contribution in [0.2, 0.25) is 0 Å². The minimum absolute atomic E-state index is 0.623. The summed E-state index contributed by atoms with van der Waals surface area (Å²) in [6.45, 7) is 3.29.